The Kier molecular flexibility index (Phi) is 4.48. The van der Waals surface area contributed by atoms with Crippen LogP contribution < -0.4 is 11.1 Å². The summed E-state index contributed by atoms with van der Waals surface area (Å²) >= 11 is 1.62. The lowest BCUT2D eigenvalue weighted by atomic mass is 10.1. The molecule has 2 aromatic rings. The highest BCUT2D eigenvalue weighted by molar-refractivity contribution is 7.09. The Hall–Kier alpha value is -1.92. The first-order valence-electron chi connectivity index (χ1n) is 5.91. The predicted molar refractivity (Wildman–Crippen MR) is 76.3 cm³/mol. The van der Waals surface area contributed by atoms with Gasteiger partial charge in [-0.3, -0.25) is 0 Å². The molecule has 6 heteroatoms. The fraction of sp³-hybridized carbons (Fsp3) is 0.231. The normalized spacial score (nSPS) is 13.4. The first kappa shape index (κ1) is 13.5. The topological polar surface area (TPSA) is 83.5 Å². The molecule has 0 radical (unpaired) electrons. The first-order chi connectivity index (χ1) is 9.22. The molecule has 0 spiro atoms. The van der Waals surface area contributed by atoms with Crippen LogP contribution in [-0.2, 0) is 6.54 Å². The third-order valence-corrected chi connectivity index (χ3v) is 3.78. The molecular weight excluding hydrogens is 260 g/mol. The molecule has 4 N–H and O–H groups in total. The van der Waals surface area contributed by atoms with E-state index in [4.69, 9.17) is 10.9 Å². The molecule has 0 aliphatic carbocycles. The Morgan fingerprint density at radius 3 is 3.00 bits per heavy atom. The number of thiazole rings is 1. The molecule has 1 heterocycles. The van der Waals surface area contributed by atoms with Gasteiger partial charge < -0.3 is 16.3 Å². The van der Waals surface area contributed by atoms with Gasteiger partial charge in [0.05, 0.1) is 6.04 Å². The van der Waals surface area contributed by atoms with Gasteiger partial charge in [-0.05, 0) is 12.5 Å². The summed E-state index contributed by atoms with van der Waals surface area (Å²) in [6.07, 6.45) is 1.79. The van der Waals surface area contributed by atoms with E-state index in [0.717, 1.165) is 16.1 Å². The maximum Gasteiger partial charge on any atom is 0.170 e. The second-order valence-corrected chi connectivity index (χ2v) is 5.04. The van der Waals surface area contributed by atoms with Crippen molar-refractivity contribution in [2.24, 2.45) is 10.9 Å². The van der Waals surface area contributed by atoms with E-state index in [-0.39, 0.29) is 11.9 Å². The zero-order valence-electron chi connectivity index (χ0n) is 10.6. The first-order valence-corrected chi connectivity index (χ1v) is 6.79. The zero-order chi connectivity index (χ0) is 13.7. The molecule has 1 atom stereocenters. The molecule has 0 aliphatic rings. The van der Waals surface area contributed by atoms with E-state index in [2.05, 4.69) is 22.4 Å². The number of hydrogen-bond acceptors (Lipinski definition) is 5. The van der Waals surface area contributed by atoms with Crippen LogP contribution in [0.2, 0.25) is 0 Å². The molecule has 0 fully saturated rings. The summed E-state index contributed by atoms with van der Waals surface area (Å²) in [6.45, 7) is 2.69. The van der Waals surface area contributed by atoms with Crippen LogP contribution in [0.15, 0.2) is 41.0 Å². The Labute approximate surface area is 115 Å². The summed E-state index contributed by atoms with van der Waals surface area (Å²) in [5, 5.41) is 18.2. The van der Waals surface area contributed by atoms with Crippen LogP contribution in [0.4, 0.5) is 0 Å². The van der Waals surface area contributed by atoms with Crippen molar-refractivity contribution in [3.63, 3.8) is 0 Å². The standard InChI is InChI=1S/C13H16N4OS/c1-9(13-15-6-7-19-13)16-8-10-4-2-3-5-11(10)12(14)17-18/h2-7,9,16,18H,8H2,1H3,(H2,14,17). The van der Waals surface area contributed by atoms with Gasteiger partial charge in [0, 0.05) is 23.7 Å². The lowest BCUT2D eigenvalue weighted by molar-refractivity contribution is 0.318. The summed E-state index contributed by atoms with van der Waals surface area (Å²) in [5.41, 5.74) is 7.38. The number of aromatic nitrogens is 1. The second kappa shape index (κ2) is 6.31. The van der Waals surface area contributed by atoms with Crippen molar-refractivity contribution in [3.8, 4) is 0 Å². The van der Waals surface area contributed by atoms with Crippen LogP contribution in [0.25, 0.3) is 0 Å². The Morgan fingerprint density at radius 1 is 1.53 bits per heavy atom. The molecule has 0 saturated carbocycles. The minimum Gasteiger partial charge on any atom is -0.409 e. The van der Waals surface area contributed by atoms with E-state index in [1.165, 1.54) is 0 Å². The maximum atomic E-state index is 8.77. The Bertz CT molecular complexity index is 554. The average Bonchev–Trinajstić information content (AvgIpc) is 2.98. The van der Waals surface area contributed by atoms with E-state index >= 15 is 0 Å². The Balaban J connectivity index is 2.08. The highest BCUT2D eigenvalue weighted by atomic mass is 32.1. The minimum atomic E-state index is 0.124. The van der Waals surface area contributed by atoms with Crippen molar-refractivity contribution < 1.29 is 5.21 Å². The predicted octanol–water partition coefficient (Wildman–Crippen LogP) is 2.09. The summed E-state index contributed by atoms with van der Waals surface area (Å²) in [7, 11) is 0. The number of oxime groups is 1. The molecule has 19 heavy (non-hydrogen) atoms. The third kappa shape index (κ3) is 3.30. The van der Waals surface area contributed by atoms with Crippen LogP contribution >= 0.6 is 11.3 Å². The minimum absolute atomic E-state index is 0.124. The van der Waals surface area contributed by atoms with Crippen LogP contribution in [0, 0.1) is 0 Å². The van der Waals surface area contributed by atoms with E-state index < -0.39 is 0 Å². The molecule has 0 saturated heterocycles. The van der Waals surface area contributed by atoms with E-state index in [1.807, 2.05) is 29.6 Å². The lowest BCUT2D eigenvalue weighted by Crippen LogP contribution is -2.22. The van der Waals surface area contributed by atoms with Crippen LogP contribution in [0.3, 0.4) is 0 Å². The van der Waals surface area contributed by atoms with Crippen molar-refractivity contribution in [2.75, 3.05) is 0 Å². The Morgan fingerprint density at radius 2 is 2.32 bits per heavy atom. The van der Waals surface area contributed by atoms with Gasteiger partial charge in [0.25, 0.3) is 0 Å². The highest BCUT2D eigenvalue weighted by Gasteiger charge is 2.10. The maximum absolute atomic E-state index is 8.77. The van der Waals surface area contributed by atoms with Crippen molar-refractivity contribution in [1.82, 2.24) is 10.3 Å². The molecular formula is C13H16N4OS. The summed E-state index contributed by atoms with van der Waals surface area (Å²) < 4.78 is 0. The largest absolute Gasteiger partial charge is 0.409 e. The number of hydrogen-bond donors (Lipinski definition) is 3. The van der Waals surface area contributed by atoms with E-state index in [1.54, 1.807) is 17.5 Å². The molecule has 0 bridgehead atoms. The molecule has 5 nitrogen and oxygen atoms in total. The van der Waals surface area contributed by atoms with Gasteiger partial charge >= 0.3 is 0 Å². The fourth-order valence-corrected chi connectivity index (χ4v) is 2.45. The second-order valence-electron chi connectivity index (χ2n) is 4.12. The van der Waals surface area contributed by atoms with Gasteiger partial charge in [-0.25, -0.2) is 4.98 Å². The van der Waals surface area contributed by atoms with Gasteiger partial charge in [-0.1, -0.05) is 29.4 Å². The third-order valence-electron chi connectivity index (χ3n) is 2.82. The van der Waals surface area contributed by atoms with Gasteiger partial charge in [0.1, 0.15) is 5.01 Å². The summed E-state index contributed by atoms with van der Waals surface area (Å²) in [6, 6.07) is 7.75. The van der Waals surface area contributed by atoms with E-state index in [9.17, 15) is 0 Å². The van der Waals surface area contributed by atoms with Crippen LogP contribution in [0.1, 0.15) is 29.1 Å². The zero-order valence-corrected chi connectivity index (χ0v) is 11.4. The number of nitrogens with one attached hydrogen (secondary N) is 1. The van der Waals surface area contributed by atoms with Gasteiger partial charge in [-0.15, -0.1) is 11.3 Å². The van der Waals surface area contributed by atoms with Crippen molar-refractivity contribution in [3.05, 3.63) is 52.0 Å². The molecule has 1 unspecified atom stereocenters. The number of amidine groups is 1. The van der Waals surface area contributed by atoms with Gasteiger partial charge in [-0.2, -0.15) is 0 Å². The molecule has 1 aromatic carbocycles. The average molecular weight is 276 g/mol. The van der Waals surface area contributed by atoms with E-state index in [0.29, 0.717) is 6.54 Å². The molecule has 1 aromatic heterocycles. The number of nitrogens with zero attached hydrogens (tertiary/aromatic N) is 2. The SMILES string of the molecule is CC(NCc1ccccc1C(N)=NO)c1nccs1. The monoisotopic (exact) mass is 276 g/mol. The summed E-state index contributed by atoms with van der Waals surface area (Å²) in [4.78, 5) is 4.27. The quantitative estimate of drug-likeness (QED) is 0.338. The van der Waals surface area contributed by atoms with Crippen molar-refractivity contribution in [2.45, 2.75) is 19.5 Å². The van der Waals surface area contributed by atoms with Gasteiger partial charge in [0.2, 0.25) is 0 Å². The highest BCUT2D eigenvalue weighted by Crippen LogP contribution is 2.16. The van der Waals surface area contributed by atoms with Crippen molar-refractivity contribution >= 4 is 17.2 Å². The fourth-order valence-electron chi connectivity index (χ4n) is 1.78. The molecule has 100 valence electrons. The smallest absolute Gasteiger partial charge is 0.170 e. The van der Waals surface area contributed by atoms with Gasteiger partial charge in [0.15, 0.2) is 5.84 Å². The molecule has 2 rings (SSSR count). The molecule has 0 aliphatic heterocycles. The van der Waals surface area contributed by atoms with Crippen LogP contribution in [-0.4, -0.2) is 16.0 Å². The number of rotatable bonds is 5. The van der Waals surface area contributed by atoms with Crippen molar-refractivity contribution in [1.29, 1.82) is 0 Å². The molecule has 0 amide bonds. The lowest BCUT2D eigenvalue weighted by Gasteiger charge is -2.13. The number of benzene rings is 1. The summed E-state index contributed by atoms with van der Waals surface area (Å²) in [5.74, 6) is 0.124. The van der Waals surface area contributed by atoms with Crippen LogP contribution in [0.5, 0.6) is 0 Å². The number of nitrogens with two attached hydrogens (primary N) is 1.